The largest absolute Gasteiger partial charge is 0.398 e. The van der Waals surface area contributed by atoms with Gasteiger partial charge in [0.1, 0.15) is 5.82 Å². The van der Waals surface area contributed by atoms with Gasteiger partial charge in [0.15, 0.2) is 5.76 Å². The number of halogens is 1. The van der Waals surface area contributed by atoms with E-state index in [1.54, 1.807) is 13.0 Å². The molecular formula is C12H14FN3O3S. The van der Waals surface area contributed by atoms with Crippen LogP contribution in [0.5, 0.6) is 0 Å². The number of hydrogen-bond donors (Lipinski definition) is 2. The highest BCUT2D eigenvalue weighted by Crippen LogP contribution is 2.21. The SMILES string of the molecule is Cc1cc(CNS(=O)(=O)c2cc(N)c(C)c(F)c2)on1. The molecule has 6 nitrogen and oxygen atoms in total. The molecule has 1 aromatic heterocycles. The van der Waals surface area contributed by atoms with Crippen molar-refractivity contribution in [2.75, 3.05) is 5.73 Å². The molecule has 0 bridgehead atoms. The topological polar surface area (TPSA) is 98.2 Å². The molecule has 0 atom stereocenters. The number of aromatic nitrogens is 1. The van der Waals surface area contributed by atoms with Crippen LogP contribution in [0.25, 0.3) is 0 Å². The zero-order valence-electron chi connectivity index (χ0n) is 11.0. The van der Waals surface area contributed by atoms with E-state index in [-0.39, 0.29) is 22.7 Å². The smallest absolute Gasteiger partial charge is 0.241 e. The number of rotatable bonds is 4. The Morgan fingerprint density at radius 1 is 1.35 bits per heavy atom. The second kappa shape index (κ2) is 5.22. The Morgan fingerprint density at radius 3 is 2.60 bits per heavy atom. The van der Waals surface area contributed by atoms with E-state index in [4.69, 9.17) is 10.3 Å². The Hall–Kier alpha value is -1.93. The summed E-state index contributed by atoms with van der Waals surface area (Å²) in [5.74, 6) is -0.299. The maximum absolute atomic E-state index is 13.5. The fraction of sp³-hybridized carbons (Fsp3) is 0.250. The van der Waals surface area contributed by atoms with Crippen molar-refractivity contribution < 1.29 is 17.3 Å². The van der Waals surface area contributed by atoms with Crippen molar-refractivity contribution in [2.24, 2.45) is 0 Å². The third kappa shape index (κ3) is 2.97. The van der Waals surface area contributed by atoms with E-state index in [0.717, 1.165) is 6.07 Å². The zero-order valence-corrected chi connectivity index (χ0v) is 11.8. The molecule has 0 spiro atoms. The third-order valence-corrected chi connectivity index (χ3v) is 4.16. The Bertz CT molecular complexity index is 717. The number of aryl methyl sites for hydroxylation is 1. The minimum Gasteiger partial charge on any atom is -0.398 e. The van der Waals surface area contributed by atoms with Crippen LogP contribution in [0.1, 0.15) is 17.0 Å². The molecule has 0 saturated carbocycles. The van der Waals surface area contributed by atoms with E-state index in [0.29, 0.717) is 11.5 Å². The molecule has 0 amide bonds. The first-order valence-electron chi connectivity index (χ1n) is 5.77. The van der Waals surface area contributed by atoms with Crippen molar-refractivity contribution in [3.05, 3.63) is 41.0 Å². The van der Waals surface area contributed by atoms with E-state index in [2.05, 4.69) is 9.88 Å². The van der Waals surface area contributed by atoms with Crippen molar-refractivity contribution >= 4 is 15.7 Å². The summed E-state index contributed by atoms with van der Waals surface area (Å²) in [7, 11) is -3.87. The molecule has 0 aliphatic carbocycles. The lowest BCUT2D eigenvalue weighted by Crippen LogP contribution is -2.23. The van der Waals surface area contributed by atoms with Crippen molar-refractivity contribution in [3.63, 3.8) is 0 Å². The lowest BCUT2D eigenvalue weighted by atomic mass is 10.2. The Balaban J connectivity index is 2.22. The lowest BCUT2D eigenvalue weighted by Gasteiger charge is -2.08. The molecule has 20 heavy (non-hydrogen) atoms. The average molecular weight is 299 g/mol. The molecule has 108 valence electrons. The van der Waals surface area contributed by atoms with Crippen molar-refractivity contribution in [2.45, 2.75) is 25.3 Å². The molecule has 0 fully saturated rings. The molecule has 8 heteroatoms. The van der Waals surface area contributed by atoms with E-state index in [9.17, 15) is 12.8 Å². The van der Waals surface area contributed by atoms with E-state index in [1.165, 1.54) is 13.0 Å². The summed E-state index contributed by atoms with van der Waals surface area (Å²) in [6.45, 7) is 3.13. The predicted octanol–water partition coefficient (Wildman–Crippen LogP) is 1.49. The second-order valence-corrected chi connectivity index (χ2v) is 6.15. The first-order valence-corrected chi connectivity index (χ1v) is 7.25. The highest BCUT2D eigenvalue weighted by atomic mass is 32.2. The lowest BCUT2D eigenvalue weighted by molar-refractivity contribution is 0.377. The summed E-state index contributed by atoms with van der Waals surface area (Å²) >= 11 is 0. The van der Waals surface area contributed by atoms with Gasteiger partial charge in [-0.25, -0.2) is 17.5 Å². The molecule has 0 saturated heterocycles. The van der Waals surface area contributed by atoms with Crippen LogP contribution in [0.3, 0.4) is 0 Å². The van der Waals surface area contributed by atoms with Gasteiger partial charge in [-0.05, 0) is 26.0 Å². The zero-order chi connectivity index (χ0) is 14.9. The highest BCUT2D eigenvalue weighted by molar-refractivity contribution is 7.89. The number of nitrogens with zero attached hydrogens (tertiary/aromatic N) is 1. The Morgan fingerprint density at radius 2 is 2.05 bits per heavy atom. The van der Waals surface area contributed by atoms with Crippen LogP contribution in [0.15, 0.2) is 27.6 Å². The van der Waals surface area contributed by atoms with Gasteiger partial charge in [0, 0.05) is 17.3 Å². The van der Waals surface area contributed by atoms with Crippen LogP contribution < -0.4 is 10.5 Å². The van der Waals surface area contributed by atoms with Gasteiger partial charge >= 0.3 is 0 Å². The van der Waals surface area contributed by atoms with Crippen LogP contribution in [-0.4, -0.2) is 13.6 Å². The molecule has 1 heterocycles. The fourth-order valence-corrected chi connectivity index (χ4v) is 2.62. The normalized spacial score (nSPS) is 11.8. The van der Waals surface area contributed by atoms with E-state index < -0.39 is 15.8 Å². The van der Waals surface area contributed by atoms with Gasteiger partial charge in [-0.3, -0.25) is 0 Å². The summed E-state index contributed by atoms with van der Waals surface area (Å²) in [6.07, 6.45) is 0. The van der Waals surface area contributed by atoms with Crippen LogP contribution in [0.4, 0.5) is 10.1 Å². The summed E-state index contributed by atoms with van der Waals surface area (Å²) in [4.78, 5) is -0.227. The quantitative estimate of drug-likeness (QED) is 0.833. The molecule has 3 N–H and O–H groups in total. The molecule has 2 rings (SSSR count). The molecule has 1 aromatic carbocycles. The van der Waals surface area contributed by atoms with Crippen LogP contribution in [-0.2, 0) is 16.6 Å². The first-order chi connectivity index (χ1) is 9.29. The standard InChI is InChI=1S/C12H14FN3O3S/c1-7-3-9(19-16-7)6-15-20(17,18)10-4-11(13)8(2)12(14)5-10/h3-5,15H,6,14H2,1-2H3. The minimum atomic E-state index is -3.87. The van der Waals surface area contributed by atoms with Gasteiger partial charge in [0.05, 0.1) is 17.1 Å². The van der Waals surface area contributed by atoms with Gasteiger partial charge in [0.25, 0.3) is 0 Å². The van der Waals surface area contributed by atoms with Crippen LogP contribution >= 0.6 is 0 Å². The third-order valence-electron chi connectivity index (χ3n) is 2.78. The van der Waals surface area contributed by atoms with Gasteiger partial charge in [-0.1, -0.05) is 5.16 Å². The highest BCUT2D eigenvalue weighted by Gasteiger charge is 2.18. The maximum Gasteiger partial charge on any atom is 0.241 e. The molecule has 0 unspecified atom stereocenters. The number of nitrogen functional groups attached to an aromatic ring is 1. The molecule has 0 aliphatic heterocycles. The number of hydrogen-bond acceptors (Lipinski definition) is 5. The average Bonchev–Trinajstić information content (AvgIpc) is 2.79. The maximum atomic E-state index is 13.5. The van der Waals surface area contributed by atoms with Gasteiger partial charge in [-0.15, -0.1) is 0 Å². The predicted molar refractivity (Wildman–Crippen MR) is 70.8 cm³/mol. The van der Waals surface area contributed by atoms with Gasteiger partial charge < -0.3 is 10.3 Å². The van der Waals surface area contributed by atoms with Crippen molar-refractivity contribution in [1.82, 2.24) is 9.88 Å². The number of anilines is 1. The number of nitrogens with one attached hydrogen (secondary N) is 1. The summed E-state index contributed by atoms with van der Waals surface area (Å²) < 4.78 is 44.8. The summed E-state index contributed by atoms with van der Waals surface area (Å²) in [6, 6.07) is 3.75. The number of sulfonamides is 1. The molecule has 2 aromatic rings. The minimum absolute atomic E-state index is 0.0709. The fourth-order valence-electron chi connectivity index (χ4n) is 1.58. The van der Waals surface area contributed by atoms with E-state index >= 15 is 0 Å². The van der Waals surface area contributed by atoms with Gasteiger partial charge in [-0.2, -0.15) is 0 Å². The monoisotopic (exact) mass is 299 g/mol. The van der Waals surface area contributed by atoms with Crippen molar-refractivity contribution in [1.29, 1.82) is 0 Å². The summed E-state index contributed by atoms with van der Waals surface area (Å²) in [5, 5.41) is 3.64. The molecular weight excluding hydrogens is 285 g/mol. The van der Waals surface area contributed by atoms with Crippen LogP contribution in [0, 0.1) is 19.7 Å². The summed E-state index contributed by atoms with van der Waals surface area (Å²) in [5.41, 5.74) is 6.51. The van der Waals surface area contributed by atoms with E-state index in [1.807, 2.05) is 0 Å². The van der Waals surface area contributed by atoms with Crippen molar-refractivity contribution in [3.8, 4) is 0 Å². The molecule has 0 radical (unpaired) electrons. The van der Waals surface area contributed by atoms with Crippen LogP contribution in [0.2, 0.25) is 0 Å². The number of nitrogens with two attached hydrogens (primary N) is 1. The Labute approximate surface area is 115 Å². The Kier molecular flexibility index (Phi) is 3.78. The number of benzene rings is 1. The first kappa shape index (κ1) is 14.5. The second-order valence-electron chi connectivity index (χ2n) is 4.38. The van der Waals surface area contributed by atoms with Gasteiger partial charge in [0.2, 0.25) is 10.0 Å². The molecule has 0 aliphatic rings.